The molecule has 0 aliphatic rings. The van der Waals surface area contributed by atoms with Gasteiger partial charge in [0.05, 0.1) is 11.3 Å². The van der Waals surface area contributed by atoms with Gasteiger partial charge in [0.25, 0.3) is 0 Å². The van der Waals surface area contributed by atoms with Crippen molar-refractivity contribution in [2.75, 3.05) is 0 Å². The molecule has 0 aliphatic carbocycles. The molecule has 1 heterocycles. The van der Waals surface area contributed by atoms with Crippen LogP contribution >= 0.6 is 0 Å². The summed E-state index contributed by atoms with van der Waals surface area (Å²) >= 11 is 0. The summed E-state index contributed by atoms with van der Waals surface area (Å²) in [7, 11) is -3.91. The van der Waals surface area contributed by atoms with Gasteiger partial charge < -0.3 is 4.74 Å². The minimum absolute atomic E-state index is 0.0640. The van der Waals surface area contributed by atoms with Crippen LogP contribution in [0.25, 0.3) is 11.3 Å². The first-order valence-electron chi connectivity index (χ1n) is 7.98. The molecule has 1 aromatic heterocycles. The van der Waals surface area contributed by atoms with Crippen molar-refractivity contribution in [3.63, 3.8) is 0 Å². The van der Waals surface area contributed by atoms with Crippen LogP contribution in [0.5, 0.6) is 11.6 Å². The number of aromatic nitrogens is 2. The van der Waals surface area contributed by atoms with E-state index in [9.17, 15) is 26.0 Å². The molecule has 0 radical (unpaired) electrons. The van der Waals surface area contributed by atoms with E-state index in [2.05, 4.69) is 9.97 Å². The molecule has 0 spiro atoms. The zero-order chi connectivity index (χ0) is 21.2. The number of hydrogen-bond acceptors (Lipinski definition) is 5. The molecule has 152 valence electrons. The number of halogens is 4. The highest BCUT2D eigenvalue weighted by Crippen LogP contribution is 2.33. The monoisotopic (exact) mass is 427 g/mol. The van der Waals surface area contributed by atoms with Crippen molar-refractivity contribution in [3.8, 4) is 22.9 Å². The maximum Gasteiger partial charge on any atom is 0.416 e. The van der Waals surface area contributed by atoms with E-state index in [0.29, 0.717) is 0 Å². The minimum Gasteiger partial charge on any atom is -0.437 e. The lowest BCUT2D eigenvalue weighted by atomic mass is 10.1. The number of alkyl halides is 3. The normalized spacial score (nSPS) is 12.0. The fourth-order valence-electron chi connectivity index (χ4n) is 2.45. The van der Waals surface area contributed by atoms with E-state index in [1.807, 2.05) is 0 Å². The first kappa shape index (κ1) is 20.7. The number of benzene rings is 2. The fourth-order valence-corrected chi connectivity index (χ4v) is 3.12. The average molecular weight is 427 g/mol. The quantitative estimate of drug-likeness (QED) is 0.624. The molecule has 2 aromatic carbocycles. The van der Waals surface area contributed by atoms with Gasteiger partial charge in [-0.2, -0.15) is 13.2 Å². The Balaban J connectivity index is 1.90. The second kappa shape index (κ2) is 7.76. The van der Waals surface area contributed by atoms with Gasteiger partial charge in [0.15, 0.2) is 0 Å². The first-order valence-corrected chi connectivity index (χ1v) is 9.70. The predicted octanol–water partition coefficient (Wildman–Crippen LogP) is 3.88. The summed E-state index contributed by atoms with van der Waals surface area (Å²) < 4.78 is 80.1. The van der Waals surface area contributed by atoms with Crippen molar-refractivity contribution in [2.24, 2.45) is 5.14 Å². The van der Waals surface area contributed by atoms with Gasteiger partial charge in [0, 0.05) is 23.5 Å². The largest absolute Gasteiger partial charge is 0.437 e. The molecular formula is C18H13F4N3O3S. The van der Waals surface area contributed by atoms with Crippen LogP contribution < -0.4 is 9.88 Å². The minimum atomic E-state index is -4.48. The molecule has 3 aromatic rings. The Bertz CT molecular complexity index is 1130. The number of ether oxygens (including phenoxy) is 1. The van der Waals surface area contributed by atoms with Crippen LogP contribution in [-0.2, 0) is 22.0 Å². The van der Waals surface area contributed by atoms with Crippen LogP contribution in [0.4, 0.5) is 17.6 Å². The molecule has 3 rings (SSSR count). The highest BCUT2D eigenvalue weighted by molar-refractivity contribution is 7.88. The van der Waals surface area contributed by atoms with Gasteiger partial charge in [0.2, 0.25) is 15.9 Å². The third-order valence-corrected chi connectivity index (χ3v) is 4.46. The zero-order valence-electron chi connectivity index (χ0n) is 14.5. The highest BCUT2D eigenvalue weighted by Gasteiger charge is 2.30. The van der Waals surface area contributed by atoms with E-state index < -0.39 is 33.3 Å². The standard InChI is InChI=1S/C18H13F4N3O3S/c19-15-9-11(1-2-12(15)10-29(23,26)27)16-17(25-8-7-24-16)28-14-5-3-13(4-6-14)18(20,21)22/h1-9H,10H2,(H2,23,26,27). The Kier molecular flexibility index (Phi) is 5.53. The second-order valence-corrected chi connectivity index (χ2v) is 7.56. The Hall–Kier alpha value is -3.05. The average Bonchev–Trinajstić information content (AvgIpc) is 2.63. The van der Waals surface area contributed by atoms with Crippen molar-refractivity contribution in [1.29, 1.82) is 0 Å². The van der Waals surface area contributed by atoms with Gasteiger partial charge in [0.1, 0.15) is 17.3 Å². The van der Waals surface area contributed by atoms with E-state index in [1.54, 1.807) is 0 Å². The Labute approximate surface area is 163 Å². The number of sulfonamides is 1. The Morgan fingerprint density at radius 3 is 2.24 bits per heavy atom. The number of primary sulfonamides is 1. The molecule has 0 unspecified atom stereocenters. The van der Waals surface area contributed by atoms with Crippen LogP contribution in [0.3, 0.4) is 0 Å². The number of nitrogens with two attached hydrogens (primary N) is 1. The highest BCUT2D eigenvalue weighted by atomic mass is 32.2. The summed E-state index contributed by atoms with van der Waals surface area (Å²) in [6.07, 6.45) is -1.85. The van der Waals surface area contributed by atoms with E-state index in [0.717, 1.165) is 30.3 Å². The SMILES string of the molecule is NS(=O)(=O)Cc1ccc(-c2nccnc2Oc2ccc(C(F)(F)F)cc2)cc1F. The van der Waals surface area contributed by atoms with E-state index in [1.165, 1.54) is 24.5 Å². The molecule has 0 fully saturated rings. The smallest absolute Gasteiger partial charge is 0.416 e. The fraction of sp³-hybridized carbons (Fsp3) is 0.111. The summed E-state index contributed by atoms with van der Waals surface area (Å²) in [5, 5.41) is 4.93. The van der Waals surface area contributed by atoms with Gasteiger partial charge in [-0.25, -0.2) is 27.9 Å². The number of hydrogen-bond donors (Lipinski definition) is 1. The van der Waals surface area contributed by atoms with E-state index >= 15 is 0 Å². The Morgan fingerprint density at radius 2 is 1.66 bits per heavy atom. The lowest BCUT2D eigenvalue weighted by Crippen LogP contribution is -2.15. The summed E-state index contributed by atoms with van der Waals surface area (Å²) in [5.74, 6) is -1.48. The molecule has 0 amide bonds. The van der Waals surface area contributed by atoms with E-state index in [-0.39, 0.29) is 28.5 Å². The number of nitrogens with zero attached hydrogens (tertiary/aromatic N) is 2. The summed E-state index contributed by atoms with van der Waals surface area (Å²) in [6, 6.07) is 7.65. The van der Waals surface area contributed by atoms with Crippen molar-refractivity contribution >= 4 is 10.0 Å². The lowest BCUT2D eigenvalue weighted by molar-refractivity contribution is -0.137. The molecule has 0 saturated heterocycles. The third-order valence-electron chi connectivity index (χ3n) is 3.74. The molecule has 0 aliphatic heterocycles. The van der Waals surface area contributed by atoms with E-state index in [4.69, 9.17) is 9.88 Å². The summed E-state index contributed by atoms with van der Waals surface area (Å²) in [5.41, 5.74) is -0.605. The Morgan fingerprint density at radius 1 is 1.00 bits per heavy atom. The van der Waals surface area contributed by atoms with Crippen molar-refractivity contribution in [1.82, 2.24) is 9.97 Å². The van der Waals surface area contributed by atoms with Crippen LogP contribution in [-0.4, -0.2) is 18.4 Å². The van der Waals surface area contributed by atoms with Crippen molar-refractivity contribution in [3.05, 3.63) is 71.8 Å². The van der Waals surface area contributed by atoms with Gasteiger partial charge in [-0.1, -0.05) is 12.1 Å². The molecule has 11 heteroatoms. The van der Waals surface area contributed by atoms with Crippen molar-refractivity contribution in [2.45, 2.75) is 11.9 Å². The van der Waals surface area contributed by atoms with Crippen LogP contribution in [0.2, 0.25) is 0 Å². The molecule has 6 nitrogen and oxygen atoms in total. The lowest BCUT2D eigenvalue weighted by Gasteiger charge is -2.11. The molecule has 0 bridgehead atoms. The zero-order valence-corrected chi connectivity index (χ0v) is 15.3. The summed E-state index contributed by atoms with van der Waals surface area (Å²) in [4.78, 5) is 8.06. The first-order chi connectivity index (χ1) is 13.5. The van der Waals surface area contributed by atoms with Crippen LogP contribution in [0.1, 0.15) is 11.1 Å². The molecule has 29 heavy (non-hydrogen) atoms. The molecule has 0 saturated carbocycles. The van der Waals surface area contributed by atoms with Gasteiger partial charge >= 0.3 is 6.18 Å². The van der Waals surface area contributed by atoms with Gasteiger partial charge in [-0.3, -0.25) is 0 Å². The third kappa shape index (κ3) is 5.27. The molecule has 2 N–H and O–H groups in total. The second-order valence-electron chi connectivity index (χ2n) is 5.95. The van der Waals surface area contributed by atoms with Gasteiger partial charge in [-0.05, 0) is 30.3 Å². The van der Waals surface area contributed by atoms with Gasteiger partial charge in [-0.15, -0.1) is 0 Å². The van der Waals surface area contributed by atoms with Crippen LogP contribution in [0, 0.1) is 5.82 Å². The molecule has 0 atom stereocenters. The topological polar surface area (TPSA) is 95.2 Å². The number of rotatable bonds is 5. The van der Waals surface area contributed by atoms with Crippen LogP contribution in [0.15, 0.2) is 54.9 Å². The predicted molar refractivity (Wildman–Crippen MR) is 95.8 cm³/mol. The summed E-state index contributed by atoms with van der Waals surface area (Å²) in [6.45, 7) is 0. The maximum atomic E-state index is 14.3. The maximum absolute atomic E-state index is 14.3. The van der Waals surface area contributed by atoms with Crippen molar-refractivity contribution < 1.29 is 30.7 Å². The molecular weight excluding hydrogens is 414 g/mol.